The monoisotopic (exact) mass is 398 g/mol. The Morgan fingerprint density at radius 2 is 1.86 bits per heavy atom. The molecule has 0 unspecified atom stereocenters. The molecule has 1 aliphatic rings. The van der Waals surface area contributed by atoms with Crippen LogP contribution >= 0.6 is 11.6 Å². The lowest BCUT2D eigenvalue weighted by Gasteiger charge is -2.37. The average molecular weight is 399 g/mol. The lowest BCUT2D eigenvalue weighted by atomic mass is 10.1. The smallest absolute Gasteiger partial charge is 0.254 e. The Bertz CT molecular complexity index is 1040. The second kappa shape index (κ2) is 7.36. The highest BCUT2D eigenvalue weighted by atomic mass is 35.5. The largest absolute Gasteiger partial charge is 0.481 e. The number of hydrogen-bond acceptors (Lipinski definition) is 4. The summed E-state index contributed by atoms with van der Waals surface area (Å²) in [6, 6.07) is 11.5. The number of piperazine rings is 1. The van der Waals surface area contributed by atoms with Crippen molar-refractivity contribution in [2.75, 3.05) is 38.2 Å². The van der Waals surface area contributed by atoms with Crippen LogP contribution in [0, 0.1) is 6.92 Å². The van der Waals surface area contributed by atoms with E-state index in [2.05, 4.69) is 16.9 Å². The lowest BCUT2D eigenvalue weighted by molar-refractivity contribution is 0.0747. The van der Waals surface area contributed by atoms with Crippen LogP contribution in [0.4, 0.5) is 5.69 Å². The van der Waals surface area contributed by atoms with Crippen molar-refractivity contribution in [3.8, 4) is 5.88 Å². The summed E-state index contributed by atoms with van der Waals surface area (Å²) >= 11 is 6.16. The van der Waals surface area contributed by atoms with E-state index in [9.17, 15) is 4.79 Å². The first kappa shape index (κ1) is 18.6. The molecule has 0 atom stereocenters. The Morgan fingerprint density at radius 1 is 1.11 bits per heavy atom. The van der Waals surface area contributed by atoms with E-state index in [0.717, 1.165) is 34.7 Å². The van der Waals surface area contributed by atoms with Crippen molar-refractivity contribution in [3.05, 3.63) is 52.5 Å². The molecule has 2 aromatic carbocycles. The predicted octanol–water partition coefficient (Wildman–Crippen LogP) is 3.51. The van der Waals surface area contributed by atoms with Crippen LogP contribution in [0.2, 0.25) is 5.02 Å². The fourth-order valence-corrected chi connectivity index (χ4v) is 3.97. The van der Waals surface area contributed by atoms with Crippen molar-refractivity contribution in [2.45, 2.75) is 6.92 Å². The molecule has 6 nitrogen and oxygen atoms in total. The van der Waals surface area contributed by atoms with Crippen LogP contribution in [0.25, 0.3) is 10.9 Å². The summed E-state index contributed by atoms with van der Waals surface area (Å²) < 4.78 is 7.06. The maximum Gasteiger partial charge on any atom is 0.254 e. The quantitative estimate of drug-likeness (QED) is 0.677. The first-order valence-corrected chi connectivity index (χ1v) is 9.67. The Morgan fingerprint density at radius 3 is 2.57 bits per heavy atom. The maximum absolute atomic E-state index is 13.0. The zero-order valence-electron chi connectivity index (χ0n) is 16.3. The van der Waals surface area contributed by atoms with Crippen molar-refractivity contribution in [2.24, 2.45) is 7.05 Å². The zero-order valence-corrected chi connectivity index (χ0v) is 17.0. The Labute approximate surface area is 169 Å². The minimum Gasteiger partial charge on any atom is -0.481 e. The molecule has 0 N–H and O–H groups in total. The number of rotatable bonds is 3. The molecule has 0 bridgehead atoms. The van der Waals surface area contributed by atoms with E-state index < -0.39 is 0 Å². The van der Waals surface area contributed by atoms with Gasteiger partial charge in [-0.25, -0.2) is 4.68 Å². The van der Waals surface area contributed by atoms with Gasteiger partial charge >= 0.3 is 0 Å². The van der Waals surface area contributed by atoms with Gasteiger partial charge in [0.05, 0.1) is 18.0 Å². The van der Waals surface area contributed by atoms with Crippen molar-refractivity contribution < 1.29 is 9.53 Å². The first-order chi connectivity index (χ1) is 13.5. The summed E-state index contributed by atoms with van der Waals surface area (Å²) in [6.45, 7) is 5.00. The van der Waals surface area contributed by atoms with Gasteiger partial charge < -0.3 is 14.5 Å². The molecule has 0 spiro atoms. The third-order valence-electron chi connectivity index (χ3n) is 5.30. The van der Waals surface area contributed by atoms with Crippen LogP contribution in [-0.4, -0.2) is 53.9 Å². The van der Waals surface area contributed by atoms with Gasteiger partial charge in [0.25, 0.3) is 5.91 Å². The van der Waals surface area contributed by atoms with E-state index in [0.29, 0.717) is 24.5 Å². The maximum atomic E-state index is 13.0. The Kier molecular flexibility index (Phi) is 4.89. The Balaban J connectivity index is 1.49. The molecule has 146 valence electrons. The van der Waals surface area contributed by atoms with Gasteiger partial charge in [-0.2, -0.15) is 5.10 Å². The molecule has 1 aromatic heterocycles. The van der Waals surface area contributed by atoms with Crippen LogP contribution < -0.4 is 9.64 Å². The van der Waals surface area contributed by atoms with Gasteiger partial charge in [-0.1, -0.05) is 17.7 Å². The number of anilines is 1. The summed E-state index contributed by atoms with van der Waals surface area (Å²) in [4.78, 5) is 17.2. The molecule has 4 rings (SSSR count). The normalized spacial score (nSPS) is 14.6. The molecule has 3 aromatic rings. The van der Waals surface area contributed by atoms with E-state index in [1.54, 1.807) is 11.8 Å². The summed E-state index contributed by atoms with van der Waals surface area (Å²) in [5.41, 5.74) is 3.75. The van der Waals surface area contributed by atoms with Gasteiger partial charge in [0.2, 0.25) is 5.88 Å². The molecule has 1 amide bonds. The lowest BCUT2D eigenvalue weighted by Crippen LogP contribution is -2.49. The van der Waals surface area contributed by atoms with Crippen LogP contribution in [0.3, 0.4) is 0 Å². The summed E-state index contributed by atoms with van der Waals surface area (Å²) in [5.74, 6) is 0.730. The molecule has 1 fully saturated rings. The number of amides is 1. The highest BCUT2D eigenvalue weighted by Crippen LogP contribution is 2.27. The fraction of sp³-hybridized carbons (Fsp3) is 0.333. The number of benzene rings is 2. The minimum absolute atomic E-state index is 0.0361. The van der Waals surface area contributed by atoms with Crippen LogP contribution in [0.5, 0.6) is 5.88 Å². The highest BCUT2D eigenvalue weighted by Gasteiger charge is 2.24. The number of carbonyl (C=O) groups is 1. The number of methoxy groups -OCH3 is 1. The zero-order chi connectivity index (χ0) is 19.8. The summed E-state index contributed by atoms with van der Waals surface area (Å²) in [7, 11) is 3.45. The molecule has 1 saturated heterocycles. The van der Waals surface area contributed by atoms with Crippen molar-refractivity contribution in [1.82, 2.24) is 14.7 Å². The highest BCUT2D eigenvalue weighted by molar-refractivity contribution is 6.30. The van der Waals surface area contributed by atoms with E-state index in [-0.39, 0.29) is 5.91 Å². The van der Waals surface area contributed by atoms with Crippen LogP contribution in [-0.2, 0) is 7.05 Å². The SMILES string of the molecule is COc1c2ccc(C(=O)N3CCN(c4cc(Cl)ccc4C)CC3)cc2nn1C. The topological polar surface area (TPSA) is 50.6 Å². The van der Waals surface area contributed by atoms with E-state index >= 15 is 0 Å². The van der Waals surface area contributed by atoms with E-state index in [4.69, 9.17) is 16.3 Å². The number of hydrogen-bond donors (Lipinski definition) is 0. The Hall–Kier alpha value is -2.73. The number of ether oxygens (including phenoxy) is 1. The molecule has 0 radical (unpaired) electrons. The average Bonchev–Trinajstić information content (AvgIpc) is 3.03. The minimum atomic E-state index is 0.0361. The molecule has 7 heteroatoms. The third kappa shape index (κ3) is 3.29. The number of halogens is 1. The summed E-state index contributed by atoms with van der Waals surface area (Å²) in [6.07, 6.45) is 0. The number of nitrogens with zero attached hydrogens (tertiary/aromatic N) is 4. The van der Waals surface area contributed by atoms with Crippen LogP contribution in [0.15, 0.2) is 36.4 Å². The van der Waals surface area contributed by atoms with Gasteiger partial charge in [-0.15, -0.1) is 0 Å². The van der Waals surface area contributed by atoms with Crippen molar-refractivity contribution in [1.29, 1.82) is 0 Å². The molecular formula is C21H23ClN4O2. The third-order valence-corrected chi connectivity index (χ3v) is 5.53. The van der Waals surface area contributed by atoms with E-state index in [1.165, 1.54) is 5.56 Å². The molecule has 28 heavy (non-hydrogen) atoms. The molecule has 0 aliphatic carbocycles. The molecule has 2 heterocycles. The molecular weight excluding hydrogens is 376 g/mol. The first-order valence-electron chi connectivity index (χ1n) is 9.29. The van der Waals surface area contributed by atoms with Crippen molar-refractivity contribution >= 4 is 34.1 Å². The van der Waals surface area contributed by atoms with Gasteiger partial charge in [-0.3, -0.25) is 4.79 Å². The number of fused-ring (bicyclic) bond motifs is 1. The second-order valence-electron chi connectivity index (χ2n) is 7.07. The summed E-state index contributed by atoms with van der Waals surface area (Å²) in [5, 5.41) is 6.08. The van der Waals surface area contributed by atoms with E-state index in [1.807, 2.05) is 48.3 Å². The number of carbonyl (C=O) groups excluding carboxylic acids is 1. The van der Waals surface area contributed by atoms with Crippen LogP contribution in [0.1, 0.15) is 15.9 Å². The van der Waals surface area contributed by atoms with Gasteiger partial charge in [0.1, 0.15) is 0 Å². The standard InChI is InChI=1S/C21H23ClN4O2/c1-14-4-6-16(22)13-19(14)25-8-10-26(11-9-25)20(27)15-5-7-17-18(12-15)23-24(2)21(17)28-3/h4-7,12-13H,8-11H2,1-3H3. The molecule has 1 aliphatic heterocycles. The van der Waals surface area contributed by atoms with Gasteiger partial charge in [0.15, 0.2) is 0 Å². The van der Waals surface area contributed by atoms with Gasteiger partial charge in [0, 0.05) is 49.5 Å². The second-order valence-corrected chi connectivity index (χ2v) is 7.51. The molecule has 0 saturated carbocycles. The predicted molar refractivity (Wildman–Crippen MR) is 112 cm³/mol. The van der Waals surface area contributed by atoms with Crippen molar-refractivity contribution in [3.63, 3.8) is 0 Å². The fourth-order valence-electron chi connectivity index (χ4n) is 3.81. The number of aromatic nitrogens is 2. The number of aryl methyl sites for hydroxylation is 2. The van der Waals surface area contributed by atoms with Gasteiger partial charge in [-0.05, 0) is 42.8 Å².